The Hall–Kier alpha value is -2.84. The number of anilines is 1. The number of amides is 2. The highest BCUT2D eigenvalue weighted by molar-refractivity contribution is 5.92. The summed E-state index contributed by atoms with van der Waals surface area (Å²) in [6.45, 7) is 6.43. The number of hydrogen-bond acceptors (Lipinski definition) is 3. The first-order chi connectivity index (χ1) is 14.1. The summed E-state index contributed by atoms with van der Waals surface area (Å²) in [5.41, 5.74) is -0.00161. The number of piperidine rings is 1. The smallest absolute Gasteiger partial charge is 0.342 e. The molecule has 0 unspecified atom stereocenters. The number of aryl methyl sites for hydroxylation is 1. The van der Waals surface area contributed by atoms with Crippen LogP contribution in [0.5, 0.6) is 0 Å². The lowest BCUT2D eigenvalue weighted by Gasteiger charge is -2.32. The summed E-state index contributed by atoms with van der Waals surface area (Å²) < 4.78 is 40.5. The number of carbonyl (C=O) groups is 2. The number of rotatable bonds is 4. The SMILES string of the molecule is Cc1cc(NC(=O)C2CCN(C(=O)C(C)C)CC2)n(-c2cccc(C(F)(F)F)c2)n1. The number of likely N-dealkylation sites (tertiary alicyclic amines) is 1. The average Bonchev–Trinajstić information content (AvgIpc) is 3.07. The molecule has 1 aromatic heterocycles. The molecule has 9 heteroatoms. The second kappa shape index (κ2) is 8.49. The van der Waals surface area contributed by atoms with E-state index in [1.165, 1.54) is 16.8 Å². The van der Waals surface area contributed by atoms with E-state index in [0.29, 0.717) is 37.4 Å². The highest BCUT2D eigenvalue weighted by Gasteiger charge is 2.31. The van der Waals surface area contributed by atoms with Crippen molar-refractivity contribution in [1.29, 1.82) is 0 Å². The Balaban J connectivity index is 1.73. The molecule has 1 aromatic carbocycles. The van der Waals surface area contributed by atoms with E-state index in [9.17, 15) is 22.8 Å². The summed E-state index contributed by atoms with van der Waals surface area (Å²) in [4.78, 5) is 26.6. The Kier molecular flexibility index (Phi) is 6.19. The molecule has 3 rings (SSSR count). The van der Waals surface area contributed by atoms with Crippen molar-refractivity contribution in [2.75, 3.05) is 18.4 Å². The van der Waals surface area contributed by atoms with Crippen molar-refractivity contribution >= 4 is 17.6 Å². The number of nitrogens with zero attached hydrogens (tertiary/aromatic N) is 3. The number of alkyl halides is 3. The minimum Gasteiger partial charge on any atom is -0.342 e. The molecule has 1 fully saturated rings. The second-order valence-corrected chi connectivity index (χ2v) is 7.87. The van der Waals surface area contributed by atoms with Crippen molar-refractivity contribution in [1.82, 2.24) is 14.7 Å². The van der Waals surface area contributed by atoms with Crippen molar-refractivity contribution < 1.29 is 22.8 Å². The Morgan fingerprint density at radius 3 is 2.43 bits per heavy atom. The molecule has 6 nitrogen and oxygen atoms in total. The lowest BCUT2D eigenvalue weighted by atomic mass is 9.95. The summed E-state index contributed by atoms with van der Waals surface area (Å²) >= 11 is 0. The molecule has 30 heavy (non-hydrogen) atoms. The fourth-order valence-corrected chi connectivity index (χ4v) is 3.55. The largest absolute Gasteiger partial charge is 0.416 e. The van der Waals surface area contributed by atoms with Gasteiger partial charge in [-0.25, -0.2) is 4.68 Å². The Bertz CT molecular complexity index is 929. The van der Waals surface area contributed by atoms with Crippen LogP contribution in [0.15, 0.2) is 30.3 Å². The van der Waals surface area contributed by atoms with Gasteiger partial charge in [0.1, 0.15) is 5.82 Å². The predicted molar refractivity (Wildman–Crippen MR) is 106 cm³/mol. The van der Waals surface area contributed by atoms with Crippen LogP contribution in [0, 0.1) is 18.8 Å². The topological polar surface area (TPSA) is 67.2 Å². The Labute approximate surface area is 173 Å². The van der Waals surface area contributed by atoms with Crippen LogP contribution >= 0.6 is 0 Å². The maximum atomic E-state index is 13.1. The van der Waals surface area contributed by atoms with Gasteiger partial charge in [0.05, 0.1) is 16.9 Å². The molecule has 2 amide bonds. The minimum absolute atomic E-state index is 0.0760. The molecule has 0 aliphatic carbocycles. The molecular formula is C21H25F3N4O2. The van der Waals surface area contributed by atoms with Crippen LogP contribution in [-0.4, -0.2) is 39.6 Å². The van der Waals surface area contributed by atoms with Gasteiger partial charge >= 0.3 is 6.18 Å². The molecule has 0 spiro atoms. The molecule has 2 heterocycles. The van der Waals surface area contributed by atoms with E-state index in [1.54, 1.807) is 17.9 Å². The van der Waals surface area contributed by atoms with Crippen molar-refractivity contribution in [3.8, 4) is 5.69 Å². The van der Waals surface area contributed by atoms with E-state index in [0.717, 1.165) is 12.1 Å². The van der Waals surface area contributed by atoms with Crippen molar-refractivity contribution in [3.63, 3.8) is 0 Å². The molecule has 1 aliphatic rings. The summed E-state index contributed by atoms with van der Waals surface area (Å²) in [6.07, 6.45) is -3.38. The summed E-state index contributed by atoms with van der Waals surface area (Å²) in [5.74, 6) is -0.184. The quantitative estimate of drug-likeness (QED) is 0.809. The lowest BCUT2D eigenvalue weighted by molar-refractivity contribution is -0.138. The fourth-order valence-electron chi connectivity index (χ4n) is 3.55. The number of aromatic nitrogens is 2. The van der Waals surface area contributed by atoms with Gasteiger partial charge in [0.2, 0.25) is 11.8 Å². The number of carbonyl (C=O) groups excluding carboxylic acids is 2. The first kappa shape index (κ1) is 21.9. The standard InChI is InChI=1S/C21H25F3N4O2/c1-13(2)20(30)27-9-7-15(8-10-27)19(29)25-18-11-14(3)26-28(18)17-6-4-5-16(12-17)21(22,23)24/h4-6,11-13,15H,7-10H2,1-3H3,(H,25,29). The third-order valence-corrected chi connectivity index (χ3v) is 5.17. The van der Waals surface area contributed by atoms with E-state index in [4.69, 9.17) is 0 Å². The third kappa shape index (κ3) is 4.83. The molecule has 1 saturated heterocycles. The first-order valence-electron chi connectivity index (χ1n) is 9.90. The van der Waals surface area contributed by atoms with E-state index >= 15 is 0 Å². The molecule has 162 valence electrons. The number of nitrogens with one attached hydrogen (secondary N) is 1. The molecule has 0 saturated carbocycles. The van der Waals surface area contributed by atoms with Gasteiger partial charge in [-0.1, -0.05) is 19.9 Å². The third-order valence-electron chi connectivity index (χ3n) is 5.17. The molecule has 2 aromatic rings. The molecule has 0 radical (unpaired) electrons. The maximum absolute atomic E-state index is 13.1. The molecule has 0 atom stereocenters. The number of benzene rings is 1. The zero-order valence-electron chi connectivity index (χ0n) is 17.2. The number of halogens is 3. The Morgan fingerprint density at radius 1 is 1.17 bits per heavy atom. The molecule has 1 aliphatic heterocycles. The van der Waals surface area contributed by atoms with E-state index < -0.39 is 11.7 Å². The van der Waals surface area contributed by atoms with Gasteiger partial charge in [0.15, 0.2) is 0 Å². The van der Waals surface area contributed by atoms with Gasteiger partial charge in [0, 0.05) is 31.0 Å². The Morgan fingerprint density at radius 2 is 1.83 bits per heavy atom. The van der Waals surface area contributed by atoms with Crippen LogP contribution in [0.2, 0.25) is 0 Å². The van der Waals surface area contributed by atoms with Crippen LogP contribution in [0.3, 0.4) is 0 Å². The fraction of sp³-hybridized carbons (Fsp3) is 0.476. The lowest BCUT2D eigenvalue weighted by Crippen LogP contribution is -2.43. The highest BCUT2D eigenvalue weighted by atomic mass is 19.4. The number of hydrogen-bond donors (Lipinski definition) is 1. The van der Waals surface area contributed by atoms with E-state index in [2.05, 4.69) is 10.4 Å². The first-order valence-corrected chi connectivity index (χ1v) is 9.90. The molecular weight excluding hydrogens is 397 g/mol. The van der Waals surface area contributed by atoms with Gasteiger partial charge in [-0.15, -0.1) is 0 Å². The second-order valence-electron chi connectivity index (χ2n) is 7.87. The zero-order valence-corrected chi connectivity index (χ0v) is 17.2. The zero-order chi connectivity index (χ0) is 22.1. The van der Waals surface area contributed by atoms with E-state index in [-0.39, 0.29) is 29.3 Å². The van der Waals surface area contributed by atoms with Crippen LogP contribution in [-0.2, 0) is 15.8 Å². The van der Waals surface area contributed by atoms with Crippen molar-refractivity contribution in [2.45, 2.75) is 39.8 Å². The van der Waals surface area contributed by atoms with Gasteiger partial charge in [-0.05, 0) is 38.0 Å². The molecule has 0 bridgehead atoms. The average molecular weight is 422 g/mol. The van der Waals surface area contributed by atoms with Gasteiger partial charge < -0.3 is 10.2 Å². The normalized spacial score (nSPS) is 15.5. The highest BCUT2D eigenvalue weighted by Crippen LogP contribution is 2.31. The minimum atomic E-state index is -4.47. The van der Waals surface area contributed by atoms with Crippen LogP contribution in [0.4, 0.5) is 19.0 Å². The van der Waals surface area contributed by atoms with Gasteiger partial charge in [0.25, 0.3) is 0 Å². The van der Waals surface area contributed by atoms with Crippen LogP contribution in [0.25, 0.3) is 5.69 Å². The van der Waals surface area contributed by atoms with Crippen LogP contribution in [0.1, 0.15) is 37.9 Å². The maximum Gasteiger partial charge on any atom is 0.416 e. The van der Waals surface area contributed by atoms with Crippen molar-refractivity contribution in [3.05, 3.63) is 41.6 Å². The summed E-state index contributed by atoms with van der Waals surface area (Å²) in [5, 5.41) is 7.04. The van der Waals surface area contributed by atoms with Crippen molar-refractivity contribution in [2.24, 2.45) is 11.8 Å². The predicted octanol–water partition coefficient (Wildman–Crippen LogP) is 4.03. The van der Waals surface area contributed by atoms with E-state index in [1.807, 2.05) is 13.8 Å². The van der Waals surface area contributed by atoms with Crippen LogP contribution < -0.4 is 5.32 Å². The summed E-state index contributed by atoms with van der Waals surface area (Å²) in [6, 6.07) is 6.42. The van der Waals surface area contributed by atoms with Gasteiger partial charge in [-0.3, -0.25) is 9.59 Å². The van der Waals surface area contributed by atoms with Gasteiger partial charge in [-0.2, -0.15) is 18.3 Å². The monoisotopic (exact) mass is 422 g/mol. The molecule has 1 N–H and O–H groups in total. The summed E-state index contributed by atoms with van der Waals surface area (Å²) in [7, 11) is 0.